The van der Waals surface area contributed by atoms with Crippen LogP contribution in [0.25, 0.3) is 0 Å². The van der Waals surface area contributed by atoms with Crippen molar-refractivity contribution in [3.05, 3.63) is 48.0 Å². The van der Waals surface area contributed by atoms with Crippen LogP contribution in [0.1, 0.15) is 24.8 Å². The Morgan fingerprint density at radius 1 is 1.40 bits per heavy atom. The Morgan fingerprint density at radius 2 is 2.00 bits per heavy atom. The van der Waals surface area contributed by atoms with E-state index in [0.717, 1.165) is 11.1 Å². The van der Waals surface area contributed by atoms with Crippen LogP contribution in [-0.4, -0.2) is 17.1 Å². The molecule has 0 aromatic heterocycles. The number of hydrogen-bond donors (Lipinski definition) is 1. The number of hydrogen-bond acceptors (Lipinski definition) is 1. The van der Waals surface area contributed by atoms with Crippen molar-refractivity contribution in [1.29, 1.82) is 0 Å². The van der Waals surface area contributed by atoms with E-state index in [1.165, 1.54) is 0 Å². The third-order valence-electron chi connectivity index (χ3n) is 2.59. The molecule has 1 aromatic carbocycles. The number of rotatable bonds is 5. The standard InChI is InChI=1S/C13H17ClO/c1-10(9-14)8-13(15)11(2)12-6-4-3-5-7-12/h3-7,11,13,15H,1,8-9H2,2H3. The van der Waals surface area contributed by atoms with Crippen molar-refractivity contribution in [1.82, 2.24) is 0 Å². The lowest BCUT2D eigenvalue weighted by molar-refractivity contribution is 0.149. The molecule has 82 valence electrons. The number of benzene rings is 1. The van der Waals surface area contributed by atoms with Gasteiger partial charge in [0.1, 0.15) is 0 Å². The van der Waals surface area contributed by atoms with Crippen LogP contribution in [0, 0.1) is 0 Å². The van der Waals surface area contributed by atoms with Crippen LogP contribution < -0.4 is 0 Å². The summed E-state index contributed by atoms with van der Waals surface area (Å²) < 4.78 is 0. The summed E-state index contributed by atoms with van der Waals surface area (Å²) in [5.41, 5.74) is 2.03. The van der Waals surface area contributed by atoms with Gasteiger partial charge in [-0.15, -0.1) is 11.6 Å². The first-order valence-corrected chi connectivity index (χ1v) is 5.64. The molecule has 0 amide bonds. The molecule has 1 rings (SSSR count). The molecule has 2 heteroatoms. The van der Waals surface area contributed by atoms with Crippen LogP contribution in [0.5, 0.6) is 0 Å². The van der Waals surface area contributed by atoms with Gasteiger partial charge in [0, 0.05) is 11.8 Å². The smallest absolute Gasteiger partial charge is 0.0643 e. The van der Waals surface area contributed by atoms with Crippen molar-refractivity contribution >= 4 is 11.6 Å². The van der Waals surface area contributed by atoms with Crippen molar-refractivity contribution < 1.29 is 5.11 Å². The third kappa shape index (κ3) is 3.69. The van der Waals surface area contributed by atoms with E-state index >= 15 is 0 Å². The summed E-state index contributed by atoms with van der Waals surface area (Å²) in [4.78, 5) is 0. The highest BCUT2D eigenvalue weighted by Gasteiger charge is 2.16. The van der Waals surface area contributed by atoms with Crippen LogP contribution in [0.2, 0.25) is 0 Å². The number of halogens is 1. The number of aliphatic hydroxyl groups is 1. The minimum absolute atomic E-state index is 0.117. The lowest BCUT2D eigenvalue weighted by Crippen LogP contribution is -2.16. The Kier molecular flexibility index (Phi) is 4.86. The summed E-state index contributed by atoms with van der Waals surface area (Å²) in [6.07, 6.45) is 0.165. The van der Waals surface area contributed by atoms with E-state index in [1.54, 1.807) is 0 Å². The molecule has 1 nitrogen and oxygen atoms in total. The van der Waals surface area contributed by atoms with Gasteiger partial charge in [0.25, 0.3) is 0 Å². The van der Waals surface area contributed by atoms with Crippen molar-refractivity contribution in [2.75, 3.05) is 5.88 Å². The second kappa shape index (κ2) is 5.94. The molecule has 0 heterocycles. The lowest BCUT2D eigenvalue weighted by atomic mass is 9.92. The molecule has 0 radical (unpaired) electrons. The van der Waals surface area contributed by atoms with Gasteiger partial charge >= 0.3 is 0 Å². The van der Waals surface area contributed by atoms with Crippen molar-refractivity contribution in [2.45, 2.75) is 25.4 Å². The molecule has 1 aromatic rings. The molecule has 15 heavy (non-hydrogen) atoms. The van der Waals surface area contributed by atoms with Crippen LogP contribution >= 0.6 is 11.6 Å². The molecule has 2 unspecified atom stereocenters. The highest BCUT2D eigenvalue weighted by molar-refractivity contribution is 6.19. The van der Waals surface area contributed by atoms with Gasteiger partial charge in [-0.1, -0.05) is 49.4 Å². The van der Waals surface area contributed by atoms with Crippen LogP contribution in [0.3, 0.4) is 0 Å². The highest BCUT2D eigenvalue weighted by Crippen LogP contribution is 2.22. The molecule has 0 fully saturated rings. The van der Waals surface area contributed by atoms with E-state index in [4.69, 9.17) is 11.6 Å². The molecular weight excluding hydrogens is 208 g/mol. The van der Waals surface area contributed by atoms with Gasteiger partial charge in [-0.05, 0) is 12.0 Å². The average molecular weight is 225 g/mol. The lowest BCUT2D eigenvalue weighted by Gasteiger charge is -2.19. The Morgan fingerprint density at radius 3 is 2.53 bits per heavy atom. The van der Waals surface area contributed by atoms with Gasteiger partial charge < -0.3 is 5.11 Å². The van der Waals surface area contributed by atoms with Gasteiger partial charge in [0.15, 0.2) is 0 Å². The minimum Gasteiger partial charge on any atom is -0.392 e. The average Bonchev–Trinajstić information content (AvgIpc) is 2.29. The first kappa shape index (κ1) is 12.3. The zero-order valence-electron chi connectivity index (χ0n) is 8.99. The molecule has 0 aliphatic rings. The SMILES string of the molecule is C=C(CCl)CC(O)C(C)c1ccccc1. The van der Waals surface area contributed by atoms with Crippen LogP contribution in [0.15, 0.2) is 42.5 Å². The van der Waals surface area contributed by atoms with Crippen molar-refractivity contribution in [2.24, 2.45) is 0 Å². The molecular formula is C13H17ClO. The van der Waals surface area contributed by atoms with E-state index in [9.17, 15) is 5.11 Å². The van der Waals surface area contributed by atoms with E-state index < -0.39 is 6.10 Å². The fraction of sp³-hybridized carbons (Fsp3) is 0.385. The molecule has 0 saturated heterocycles. The number of aliphatic hydroxyl groups excluding tert-OH is 1. The zero-order chi connectivity index (χ0) is 11.3. The van der Waals surface area contributed by atoms with E-state index in [1.807, 2.05) is 37.3 Å². The Balaban J connectivity index is 2.61. The van der Waals surface area contributed by atoms with E-state index in [2.05, 4.69) is 6.58 Å². The minimum atomic E-state index is -0.404. The second-order valence-corrected chi connectivity index (χ2v) is 4.12. The summed E-state index contributed by atoms with van der Waals surface area (Å²) >= 11 is 5.64. The molecule has 0 bridgehead atoms. The third-order valence-corrected chi connectivity index (χ3v) is 2.97. The predicted octanol–water partition coefficient (Wildman–Crippen LogP) is 3.34. The number of alkyl halides is 1. The monoisotopic (exact) mass is 224 g/mol. The molecule has 0 spiro atoms. The first-order chi connectivity index (χ1) is 7.15. The quantitative estimate of drug-likeness (QED) is 0.601. The van der Waals surface area contributed by atoms with Crippen LogP contribution in [0.4, 0.5) is 0 Å². The highest BCUT2D eigenvalue weighted by atomic mass is 35.5. The largest absolute Gasteiger partial charge is 0.392 e. The van der Waals surface area contributed by atoms with Gasteiger partial charge in [-0.3, -0.25) is 0 Å². The van der Waals surface area contributed by atoms with Crippen molar-refractivity contribution in [3.8, 4) is 0 Å². The summed E-state index contributed by atoms with van der Waals surface area (Å²) in [6, 6.07) is 9.98. The second-order valence-electron chi connectivity index (χ2n) is 3.85. The first-order valence-electron chi connectivity index (χ1n) is 5.10. The van der Waals surface area contributed by atoms with E-state index in [0.29, 0.717) is 12.3 Å². The van der Waals surface area contributed by atoms with Gasteiger partial charge in [0.2, 0.25) is 0 Å². The fourth-order valence-corrected chi connectivity index (χ4v) is 1.61. The molecule has 2 atom stereocenters. The van der Waals surface area contributed by atoms with Crippen molar-refractivity contribution in [3.63, 3.8) is 0 Å². The summed E-state index contributed by atoms with van der Waals surface area (Å²) in [7, 11) is 0. The maximum Gasteiger partial charge on any atom is 0.0643 e. The summed E-state index contributed by atoms with van der Waals surface area (Å²) in [5, 5.41) is 9.95. The fourth-order valence-electron chi connectivity index (χ4n) is 1.51. The van der Waals surface area contributed by atoms with Gasteiger partial charge in [-0.25, -0.2) is 0 Å². The Hall–Kier alpha value is -0.790. The predicted molar refractivity (Wildman–Crippen MR) is 65.3 cm³/mol. The van der Waals surface area contributed by atoms with E-state index in [-0.39, 0.29) is 5.92 Å². The Labute approximate surface area is 96.4 Å². The molecule has 0 aliphatic heterocycles. The molecule has 0 saturated carbocycles. The topological polar surface area (TPSA) is 20.2 Å². The normalized spacial score (nSPS) is 14.6. The zero-order valence-corrected chi connectivity index (χ0v) is 9.74. The summed E-state index contributed by atoms with van der Waals surface area (Å²) in [5.74, 6) is 0.532. The summed E-state index contributed by atoms with van der Waals surface area (Å²) in [6.45, 7) is 5.81. The maximum absolute atomic E-state index is 9.95. The molecule has 1 N–H and O–H groups in total. The van der Waals surface area contributed by atoms with Crippen LogP contribution in [-0.2, 0) is 0 Å². The van der Waals surface area contributed by atoms with Gasteiger partial charge in [0.05, 0.1) is 6.10 Å². The van der Waals surface area contributed by atoms with Gasteiger partial charge in [-0.2, -0.15) is 0 Å². The maximum atomic E-state index is 9.95. The molecule has 0 aliphatic carbocycles. The Bertz CT molecular complexity index is 308.